The van der Waals surface area contributed by atoms with Gasteiger partial charge in [-0.2, -0.15) is 0 Å². The number of carbonyl (C=O) groups is 2. The predicted octanol–water partition coefficient (Wildman–Crippen LogP) is 10.2. The highest BCUT2D eigenvalue weighted by atomic mass is 31.2. The number of unbranched alkanes of at least 4 members (excludes halogenated alkanes) is 23. The second kappa shape index (κ2) is 32.9. The van der Waals surface area contributed by atoms with E-state index < -0.39 is 26.5 Å². The van der Waals surface area contributed by atoms with Crippen molar-refractivity contribution in [2.45, 2.75) is 193 Å². The Hall–Kier alpha value is -0.990. The third kappa shape index (κ3) is 36.6. The number of hydrogen-bond acceptors (Lipinski definition) is 8. The second-order valence-electron chi connectivity index (χ2n) is 15.0. The van der Waals surface area contributed by atoms with Crippen molar-refractivity contribution >= 4 is 19.8 Å². The highest BCUT2D eigenvalue weighted by Gasteiger charge is 2.21. The smallest absolute Gasteiger partial charge is 0.306 e. The Balaban J connectivity index is 4.34. The number of esters is 2. The van der Waals surface area contributed by atoms with Gasteiger partial charge in [0.1, 0.15) is 19.8 Å². The zero-order valence-corrected chi connectivity index (χ0v) is 33.6. The molecule has 0 aromatic rings. The molecular weight excluding hydrogens is 641 g/mol. The summed E-state index contributed by atoms with van der Waals surface area (Å²) in [4.78, 5) is 37.3. The Morgan fingerprint density at radius 3 is 1.31 bits per heavy atom. The van der Waals surface area contributed by atoms with Crippen LogP contribution in [-0.2, 0) is 32.7 Å². The second-order valence-corrected chi connectivity index (χ2v) is 16.4. The van der Waals surface area contributed by atoms with Crippen molar-refractivity contribution in [1.82, 2.24) is 0 Å². The Morgan fingerprint density at radius 2 is 0.918 bits per heavy atom. The van der Waals surface area contributed by atoms with E-state index in [-0.39, 0.29) is 32.0 Å². The van der Waals surface area contributed by atoms with E-state index in [2.05, 4.69) is 13.8 Å². The van der Waals surface area contributed by atoms with E-state index in [0.717, 1.165) is 32.1 Å². The molecular formula is C39H78NO8P. The van der Waals surface area contributed by atoms with Crippen LogP contribution in [0.15, 0.2) is 0 Å². The van der Waals surface area contributed by atoms with Crippen LogP contribution in [0.3, 0.4) is 0 Å². The van der Waals surface area contributed by atoms with Crippen molar-refractivity contribution in [1.29, 1.82) is 0 Å². The summed E-state index contributed by atoms with van der Waals surface area (Å²) in [6.07, 6.45) is 29.8. The Labute approximate surface area is 302 Å². The third-order valence-electron chi connectivity index (χ3n) is 8.88. The fourth-order valence-corrected chi connectivity index (χ4v) is 6.38. The molecule has 0 saturated heterocycles. The van der Waals surface area contributed by atoms with E-state index in [4.69, 9.17) is 18.5 Å². The highest BCUT2D eigenvalue weighted by Crippen LogP contribution is 2.38. The van der Waals surface area contributed by atoms with Crippen LogP contribution in [0, 0.1) is 0 Å². The van der Waals surface area contributed by atoms with Gasteiger partial charge in [-0.05, 0) is 12.8 Å². The molecule has 9 nitrogen and oxygen atoms in total. The summed E-state index contributed by atoms with van der Waals surface area (Å²) in [5, 5.41) is 0. The Kier molecular flexibility index (Phi) is 32.2. The van der Waals surface area contributed by atoms with E-state index in [1.54, 1.807) is 0 Å². The quantitative estimate of drug-likeness (QED) is 0.0270. The average Bonchev–Trinajstić information content (AvgIpc) is 3.04. The molecule has 0 heterocycles. The maximum atomic E-state index is 12.6. The molecule has 0 aromatic heterocycles. The Morgan fingerprint density at radius 1 is 0.551 bits per heavy atom. The van der Waals surface area contributed by atoms with Crippen molar-refractivity contribution in [3.05, 3.63) is 0 Å². The van der Waals surface area contributed by atoms with Crippen molar-refractivity contribution < 1.29 is 42.1 Å². The monoisotopic (exact) mass is 720 g/mol. The summed E-state index contributed by atoms with van der Waals surface area (Å²) in [5.41, 5.74) is 0. The first kappa shape index (κ1) is 48.0. The third-order valence-corrected chi connectivity index (χ3v) is 9.84. The van der Waals surface area contributed by atoms with E-state index in [1.807, 2.05) is 21.1 Å². The Bertz CT molecular complexity index is 819. The molecule has 0 amide bonds. The first-order valence-electron chi connectivity index (χ1n) is 20.2. The van der Waals surface area contributed by atoms with Gasteiger partial charge in [0.2, 0.25) is 0 Å². The van der Waals surface area contributed by atoms with Gasteiger partial charge in [0, 0.05) is 12.8 Å². The fourth-order valence-electron chi connectivity index (χ4n) is 5.65. The molecule has 0 rings (SSSR count). The summed E-state index contributed by atoms with van der Waals surface area (Å²) < 4.78 is 33.8. The van der Waals surface area contributed by atoms with Crippen LogP contribution < -0.4 is 4.89 Å². The van der Waals surface area contributed by atoms with Crippen LogP contribution in [0.2, 0.25) is 0 Å². The molecule has 0 N–H and O–H groups in total. The first-order chi connectivity index (χ1) is 23.5. The predicted molar refractivity (Wildman–Crippen MR) is 199 cm³/mol. The van der Waals surface area contributed by atoms with Gasteiger partial charge in [-0.3, -0.25) is 14.2 Å². The lowest BCUT2D eigenvalue weighted by atomic mass is 10.0. The van der Waals surface area contributed by atoms with Crippen LogP contribution in [-0.4, -0.2) is 70.0 Å². The number of quaternary nitrogens is 1. The lowest BCUT2D eigenvalue weighted by molar-refractivity contribution is -0.870. The molecule has 0 aliphatic carbocycles. The van der Waals surface area contributed by atoms with Gasteiger partial charge in [-0.15, -0.1) is 0 Å². The molecule has 0 radical (unpaired) electrons. The van der Waals surface area contributed by atoms with Gasteiger partial charge in [0.25, 0.3) is 7.82 Å². The standard InChI is InChI=1S/C39H78NO8P/c1-6-8-10-12-14-16-18-19-20-21-22-24-25-27-29-31-38(41)45-35-37(36-47-49(43,44)46-34-33-40(3,4)5)48-39(42)32-30-28-26-23-17-15-13-11-9-7-2/h37H,6-36H2,1-5H3. The van der Waals surface area contributed by atoms with Gasteiger partial charge in [-0.25, -0.2) is 0 Å². The molecule has 49 heavy (non-hydrogen) atoms. The summed E-state index contributed by atoms with van der Waals surface area (Å²) in [7, 11) is 1.18. The topological polar surface area (TPSA) is 111 Å². The molecule has 0 fully saturated rings. The van der Waals surface area contributed by atoms with Crippen molar-refractivity contribution in [3.8, 4) is 0 Å². The SMILES string of the molecule is CCCCCCCCCCCCCCCCCC(=O)OCC(COP(=O)([O-])OCC[N+](C)(C)C)OC(=O)CCCCCCCCCCCC. The van der Waals surface area contributed by atoms with Gasteiger partial charge in [0.15, 0.2) is 6.10 Å². The average molecular weight is 720 g/mol. The van der Waals surface area contributed by atoms with Crippen molar-refractivity contribution in [2.75, 3.05) is 47.5 Å². The summed E-state index contributed by atoms with van der Waals surface area (Å²) >= 11 is 0. The lowest BCUT2D eigenvalue weighted by Gasteiger charge is -2.28. The van der Waals surface area contributed by atoms with Crippen molar-refractivity contribution in [3.63, 3.8) is 0 Å². The van der Waals surface area contributed by atoms with E-state index in [0.29, 0.717) is 17.4 Å². The number of rotatable bonds is 37. The first-order valence-corrected chi connectivity index (χ1v) is 21.7. The molecule has 0 bridgehead atoms. The highest BCUT2D eigenvalue weighted by molar-refractivity contribution is 7.45. The van der Waals surface area contributed by atoms with Crippen molar-refractivity contribution in [2.24, 2.45) is 0 Å². The molecule has 2 atom stereocenters. The van der Waals surface area contributed by atoms with Crippen LogP contribution in [0.5, 0.6) is 0 Å². The zero-order chi connectivity index (χ0) is 36.5. The van der Waals surface area contributed by atoms with E-state index in [9.17, 15) is 19.0 Å². The molecule has 0 aliphatic heterocycles. The maximum Gasteiger partial charge on any atom is 0.306 e. The number of ether oxygens (including phenoxy) is 2. The molecule has 10 heteroatoms. The lowest BCUT2D eigenvalue weighted by Crippen LogP contribution is -2.37. The van der Waals surface area contributed by atoms with Crippen LogP contribution in [0.1, 0.15) is 187 Å². The van der Waals surface area contributed by atoms with Crippen LogP contribution in [0.4, 0.5) is 0 Å². The van der Waals surface area contributed by atoms with Gasteiger partial charge >= 0.3 is 11.9 Å². The van der Waals surface area contributed by atoms with E-state index >= 15 is 0 Å². The van der Waals surface area contributed by atoms with Gasteiger partial charge in [0.05, 0.1) is 27.7 Å². The van der Waals surface area contributed by atoms with Crippen LogP contribution >= 0.6 is 7.82 Å². The van der Waals surface area contributed by atoms with E-state index in [1.165, 1.54) is 122 Å². The number of likely N-dealkylation sites (N-methyl/N-ethyl adjacent to an activating group) is 1. The number of phosphoric acid groups is 1. The minimum Gasteiger partial charge on any atom is -0.756 e. The molecule has 0 aromatic carbocycles. The summed E-state index contributed by atoms with van der Waals surface area (Å²) in [6.45, 7) is 4.22. The number of hydrogen-bond donors (Lipinski definition) is 0. The molecule has 0 saturated carbocycles. The number of phosphoric ester groups is 1. The number of carbonyl (C=O) groups excluding carboxylic acids is 2. The van der Waals surface area contributed by atoms with Crippen LogP contribution in [0.25, 0.3) is 0 Å². The zero-order valence-electron chi connectivity index (χ0n) is 32.7. The summed E-state index contributed by atoms with van der Waals surface area (Å²) in [6, 6.07) is 0. The molecule has 292 valence electrons. The normalized spacial score (nSPS) is 13.7. The fraction of sp³-hybridized carbons (Fsp3) is 0.949. The maximum absolute atomic E-state index is 12.6. The molecule has 0 aliphatic rings. The van der Waals surface area contributed by atoms with Gasteiger partial charge in [-0.1, -0.05) is 162 Å². The molecule has 2 unspecified atom stereocenters. The summed E-state index contributed by atoms with van der Waals surface area (Å²) in [5.74, 6) is -0.826. The number of nitrogens with zero attached hydrogens (tertiary/aromatic N) is 1. The van der Waals surface area contributed by atoms with Gasteiger partial charge < -0.3 is 27.9 Å². The largest absolute Gasteiger partial charge is 0.756 e. The minimum atomic E-state index is -4.61. The minimum absolute atomic E-state index is 0.0261. The molecule has 0 spiro atoms.